The van der Waals surface area contributed by atoms with Crippen LogP contribution in [0.2, 0.25) is 0 Å². The quantitative estimate of drug-likeness (QED) is 0.643. The Balaban J connectivity index is 2.16. The molecule has 2 saturated heterocycles. The molecule has 3 rings (SSSR count). The maximum absolute atomic E-state index is 11.9. The number of methoxy groups -OCH3 is 1. The molecule has 0 aromatic heterocycles. The molecule has 0 aromatic carbocycles. The minimum Gasteiger partial charge on any atom is -0.495 e. The lowest BCUT2D eigenvalue weighted by molar-refractivity contribution is -0.209. The Morgan fingerprint density at radius 1 is 1.62 bits per heavy atom. The SMILES string of the molecule is COC1=CC(=O)[C@]2(C)O[C@@]23CC(C)OC13O. The van der Waals surface area contributed by atoms with Crippen molar-refractivity contribution in [1.29, 1.82) is 0 Å². The second kappa shape index (κ2) is 2.50. The molecule has 5 nitrogen and oxygen atoms in total. The van der Waals surface area contributed by atoms with Crippen LogP contribution in [0.3, 0.4) is 0 Å². The van der Waals surface area contributed by atoms with Crippen LogP contribution in [0.25, 0.3) is 0 Å². The fraction of sp³-hybridized carbons (Fsp3) is 0.727. The average molecular weight is 226 g/mol. The number of hydrogen-bond donors (Lipinski definition) is 1. The number of ketones is 1. The summed E-state index contributed by atoms with van der Waals surface area (Å²) in [5.74, 6) is -1.66. The molecule has 16 heavy (non-hydrogen) atoms. The van der Waals surface area contributed by atoms with Gasteiger partial charge in [0.25, 0.3) is 5.79 Å². The first kappa shape index (κ1) is 10.3. The standard InChI is InChI=1S/C11H14O5/c1-6-5-10-9(2,16-10)7(12)4-8(14-3)11(10,13)15-6/h4,6,13H,5H2,1-3H3/t6?,9-,10-,11?/m0/s1. The highest BCUT2D eigenvalue weighted by molar-refractivity contribution is 6.02. The normalized spacial score (nSPS) is 54.1. The van der Waals surface area contributed by atoms with Crippen molar-refractivity contribution in [2.75, 3.05) is 7.11 Å². The van der Waals surface area contributed by atoms with Crippen molar-refractivity contribution in [1.82, 2.24) is 0 Å². The predicted molar refractivity (Wildman–Crippen MR) is 52.4 cm³/mol. The summed E-state index contributed by atoms with van der Waals surface area (Å²) < 4.78 is 16.1. The lowest BCUT2D eigenvalue weighted by Crippen LogP contribution is -2.53. The number of rotatable bonds is 1. The van der Waals surface area contributed by atoms with Crippen molar-refractivity contribution in [3.63, 3.8) is 0 Å². The van der Waals surface area contributed by atoms with E-state index in [4.69, 9.17) is 14.2 Å². The first-order valence-electron chi connectivity index (χ1n) is 5.30. The van der Waals surface area contributed by atoms with Gasteiger partial charge >= 0.3 is 0 Å². The molecule has 4 atom stereocenters. The van der Waals surface area contributed by atoms with Gasteiger partial charge in [-0.25, -0.2) is 0 Å². The van der Waals surface area contributed by atoms with E-state index in [1.54, 1.807) is 6.92 Å². The van der Waals surface area contributed by atoms with Crippen LogP contribution < -0.4 is 0 Å². The zero-order valence-corrected chi connectivity index (χ0v) is 9.44. The molecule has 2 unspecified atom stereocenters. The van der Waals surface area contributed by atoms with Gasteiger partial charge in [-0.15, -0.1) is 0 Å². The lowest BCUT2D eigenvalue weighted by atomic mass is 9.77. The first-order valence-corrected chi connectivity index (χ1v) is 5.30. The summed E-state index contributed by atoms with van der Waals surface area (Å²) in [4.78, 5) is 11.9. The van der Waals surface area contributed by atoms with Crippen LogP contribution in [-0.4, -0.2) is 41.1 Å². The summed E-state index contributed by atoms with van der Waals surface area (Å²) >= 11 is 0. The highest BCUT2D eigenvalue weighted by Gasteiger charge is 2.86. The van der Waals surface area contributed by atoms with Crippen molar-refractivity contribution in [3.05, 3.63) is 11.8 Å². The third kappa shape index (κ3) is 0.794. The topological polar surface area (TPSA) is 68.3 Å². The van der Waals surface area contributed by atoms with Gasteiger partial charge in [-0.2, -0.15) is 0 Å². The minimum atomic E-state index is -1.62. The second-order valence-corrected chi connectivity index (χ2v) is 4.82. The second-order valence-electron chi connectivity index (χ2n) is 4.82. The highest BCUT2D eigenvalue weighted by Crippen LogP contribution is 2.66. The Labute approximate surface area is 93.0 Å². The summed E-state index contributed by atoms with van der Waals surface area (Å²) in [6, 6.07) is 0. The van der Waals surface area contributed by atoms with Crippen LogP contribution in [-0.2, 0) is 19.0 Å². The lowest BCUT2D eigenvalue weighted by Gasteiger charge is -2.32. The van der Waals surface area contributed by atoms with Gasteiger partial charge < -0.3 is 19.3 Å². The average Bonchev–Trinajstić information content (AvgIpc) is 2.72. The minimum absolute atomic E-state index is 0.136. The molecule has 2 fully saturated rings. The molecule has 1 N–H and O–H groups in total. The maximum Gasteiger partial charge on any atom is 0.259 e. The fourth-order valence-electron chi connectivity index (χ4n) is 2.98. The van der Waals surface area contributed by atoms with E-state index in [9.17, 15) is 9.90 Å². The van der Waals surface area contributed by atoms with E-state index in [1.807, 2.05) is 6.92 Å². The van der Waals surface area contributed by atoms with Gasteiger partial charge in [0.2, 0.25) is 0 Å². The van der Waals surface area contributed by atoms with E-state index in [0.29, 0.717) is 6.42 Å². The van der Waals surface area contributed by atoms with E-state index in [0.717, 1.165) is 0 Å². The van der Waals surface area contributed by atoms with Gasteiger partial charge in [-0.1, -0.05) is 0 Å². The molecule has 0 saturated carbocycles. The van der Waals surface area contributed by atoms with Crippen LogP contribution >= 0.6 is 0 Å². The predicted octanol–water partition coefficient (Wildman–Crippen LogP) is 0.125. The highest BCUT2D eigenvalue weighted by atomic mass is 16.7. The van der Waals surface area contributed by atoms with Crippen LogP contribution in [0.1, 0.15) is 20.3 Å². The Morgan fingerprint density at radius 3 is 2.94 bits per heavy atom. The smallest absolute Gasteiger partial charge is 0.259 e. The van der Waals surface area contributed by atoms with Gasteiger partial charge in [0.05, 0.1) is 13.2 Å². The van der Waals surface area contributed by atoms with Crippen molar-refractivity contribution in [2.45, 2.75) is 43.4 Å². The fourth-order valence-corrected chi connectivity index (χ4v) is 2.98. The molecular weight excluding hydrogens is 212 g/mol. The molecular formula is C11H14O5. The summed E-state index contributed by atoms with van der Waals surface area (Å²) in [6.45, 7) is 3.52. The summed E-state index contributed by atoms with van der Waals surface area (Å²) in [7, 11) is 1.40. The van der Waals surface area contributed by atoms with E-state index in [2.05, 4.69) is 0 Å². The first-order chi connectivity index (χ1) is 7.39. The molecule has 0 radical (unpaired) electrons. The van der Waals surface area contributed by atoms with E-state index >= 15 is 0 Å². The molecule has 0 aromatic rings. The zero-order chi connectivity index (χ0) is 11.8. The van der Waals surface area contributed by atoms with Crippen LogP contribution in [0.15, 0.2) is 11.8 Å². The van der Waals surface area contributed by atoms with Gasteiger partial charge in [0.15, 0.2) is 22.7 Å². The molecule has 5 heteroatoms. The summed E-state index contributed by atoms with van der Waals surface area (Å²) in [5, 5.41) is 10.5. The van der Waals surface area contributed by atoms with E-state index < -0.39 is 17.0 Å². The molecule has 0 bridgehead atoms. The Bertz CT molecular complexity index is 417. The van der Waals surface area contributed by atoms with Gasteiger partial charge in [0, 0.05) is 12.5 Å². The molecule has 2 aliphatic heterocycles. The third-order valence-electron chi connectivity index (χ3n) is 3.89. The van der Waals surface area contributed by atoms with Crippen LogP contribution in [0, 0.1) is 0 Å². The van der Waals surface area contributed by atoms with Crippen molar-refractivity contribution in [3.8, 4) is 0 Å². The monoisotopic (exact) mass is 226 g/mol. The Kier molecular flexibility index (Phi) is 1.60. The van der Waals surface area contributed by atoms with Gasteiger partial charge in [-0.3, -0.25) is 4.79 Å². The number of hydrogen-bond acceptors (Lipinski definition) is 5. The maximum atomic E-state index is 11.9. The molecule has 2 heterocycles. The van der Waals surface area contributed by atoms with Gasteiger partial charge in [0.1, 0.15) is 0 Å². The van der Waals surface area contributed by atoms with Crippen molar-refractivity contribution < 1.29 is 24.1 Å². The Hall–Kier alpha value is -0.910. The molecule has 1 spiro atoms. The number of carbonyl (C=O) groups excluding carboxylic acids is 1. The Morgan fingerprint density at radius 2 is 2.31 bits per heavy atom. The molecule has 88 valence electrons. The summed E-state index contributed by atoms with van der Waals surface area (Å²) in [6.07, 6.45) is 1.59. The number of aliphatic hydroxyl groups is 1. The van der Waals surface area contributed by atoms with Gasteiger partial charge in [-0.05, 0) is 13.8 Å². The van der Waals surface area contributed by atoms with Crippen LogP contribution in [0.4, 0.5) is 0 Å². The zero-order valence-electron chi connectivity index (χ0n) is 9.44. The van der Waals surface area contributed by atoms with E-state index in [1.165, 1.54) is 13.2 Å². The number of ether oxygens (including phenoxy) is 3. The molecule has 0 amide bonds. The van der Waals surface area contributed by atoms with E-state index in [-0.39, 0.29) is 17.6 Å². The number of carbonyl (C=O) groups is 1. The summed E-state index contributed by atoms with van der Waals surface area (Å²) in [5.41, 5.74) is -1.93. The van der Waals surface area contributed by atoms with Crippen molar-refractivity contribution >= 4 is 5.78 Å². The largest absolute Gasteiger partial charge is 0.495 e. The number of epoxide rings is 1. The van der Waals surface area contributed by atoms with Crippen LogP contribution in [0.5, 0.6) is 0 Å². The molecule has 3 aliphatic rings. The third-order valence-corrected chi connectivity index (χ3v) is 3.89. The van der Waals surface area contributed by atoms with Crippen molar-refractivity contribution in [2.24, 2.45) is 0 Å². The molecule has 1 aliphatic carbocycles.